The van der Waals surface area contributed by atoms with Crippen molar-refractivity contribution in [2.24, 2.45) is 10.2 Å². The molecule has 0 fully saturated rings. The molecular formula is C15H18N2OY3-2. The van der Waals surface area contributed by atoms with E-state index < -0.39 is 0 Å². The minimum absolute atomic E-state index is 0. The van der Waals surface area contributed by atoms with Gasteiger partial charge in [0.2, 0.25) is 0 Å². The summed E-state index contributed by atoms with van der Waals surface area (Å²) in [4.78, 5) is 0. The number of azo groups is 1. The molecule has 0 N–H and O–H groups in total. The van der Waals surface area contributed by atoms with Crippen molar-refractivity contribution in [2.75, 3.05) is 14.2 Å². The molecule has 0 heterocycles. The second kappa shape index (κ2) is 16.3. The number of ether oxygens (including phenoxy) is 1. The molecule has 21 heavy (non-hydrogen) atoms. The van der Waals surface area contributed by atoms with Crippen molar-refractivity contribution < 1.29 is 103 Å². The summed E-state index contributed by atoms with van der Waals surface area (Å²) in [7, 11) is 3.23. The van der Waals surface area contributed by atoms with Crippen LogP contribution in [0.4, 0.5) is 5.69 Å². The third-order valence-electron chi connectivity index (χ3n) is 2.13. The van der Waals surface area contributed by atoms with Crippen LogP contribution in [0.3, 0.4) is 0 Å². The second-order valence-corrected chi connectivity index (χ2v) is 3.69. The molecule has 3 radical (unpaired) electrons. The molecule has 0 bridgehead atoms. The number of methoxy groups -OCH3 is 1. The van der Waals surface area contributed by atoms with Crippen LogP contribution < -0.4 is 4.74 Å². The monoisotopic (exact) mass is 509 g/mol. The number of benzene rings is 2. The first-order valence-corrected chi connectivity index (χ1v) is 5.96. The summed E-state index contributed by atoms with van der Waals surface area (Å²) in [6.07, 6.45) is 1.25. The third-order valence-corrected chi connectivity index (χ3v) is 2.13. The maximum atomic E-state index is 5.19. The van der Waals surface area contributed by atoms with Gasteiger partial charge in [-0.15, -0.1) is 11.5 Å². The van der Waals surface area contributed by atoms with Gasteiger partial charge < -0.3 is 4.74 Å². The zero-order valence-electron chi connectivity index (χ0n) is 13.1. The number of hydrogen-bond acceptors (Lipinski definition) is 3. The van der Waals surface area contributed by atoms with E-state index >= 15 is 0 Å². The quantitative estimate of drug-likeness (QED) is 0.432. The predicted molar refractivity (Wildman–Crippen MR) is 74.6 cm³/mol. The van der Waals surface area contributed by atoms with Gasteiger partial charge in [0.05, 0.1) is 7.11 Å². The molecule has 0 amide bonds. The zero-order valence-corrected chi connectivity index (χ0v) is 21.6. The smallest absolute Gasteiger partial charge is 0.0744 e. The SMILES string of the molecule is CCC.CN=Nc1c(OC)[c-]cc2c[c-]ccc12.[Y].[Y].[Y]. The summed E-state index contributed by atoms with van der Waals surface area (Å²) in [5.41, 5.74) is 0.714. The standard InChI is InChI=1S/C12H10N2O.C3H8.3Y/c1-13-14-12-10-6-4-3-5-9(10)7-8-11(12)15-2;1-3-2;;;/h4-7H,1-2H3;3H2,1-2H3;;;/q-2;;;;. The Morgan fingerprint density at radius 3 is 2.29 bits per heavy atom. The van der Waals surface area contributed by atoms with Crippen molar-refractivity contribution in [2.45, 2.75) is 20.3 Å². The van der Waals surface area contributed by atoms with Crippen molar-refractivity contribution in [3.63, 3.8) is 0 Å². The topological polar surface area (TPSA) is 34.0 Å². The van der Waals surface area contributed by atoms with E-state index in [4.69, 9.17) is 4.74 Å². The fourth-order valence-corrected chi connectivity index (χ4v) is 1.47. The van der Waals surface area contributed by atoms with E-state index in [0.29, 0.717) is 11.4 Å². The predicted octanol–water partition coefficient (Wildman–Crippen LogP) is 4.57. The van der Waals surface area contributed by atoms with Gasteiger partial charge in [0, 0.05) is 117 Å². The van der Waals surface area contributed by atoms with Crippen molar-refractivity contribution in [3.8, 4) is 5.75 Å². The van der Waals surface area contributed by atoms with Crippen LogP contribution in [-0.2, 0) is 98.1 Å². The first kappa shape index (κ1) is 27.3. The Labute approximate surface area is 203 Å². The van der Waals surface area contributed by atoms with Gasteiger partial charge in [-0.2, -0.15) is 35.7 Å². The van der Waals surface area contributed by atoms with Gasteiger partial charge in [-0.05, 0) is 0 Å². The van der Waals surface area contributed by atoms with Crippen LogP contribution in [0, 0.1) is 12.1 Å². The second-order valence-electron chi connectivity index (χ2n) is 3.69. The van der Waals surface area contributed by atoms with Crippen LogP contribution in [0.1, 0.15) is 20.3 Å². The van der Waals surface area contributed by atoms with E-state index in [2.05, 4.69) is 36.2 Å². The Hall–Kier alpha value is 1.41. The zero-order chi connectivity index (χ0) is 13.4. The Kier molecular flexibility index (Phi) is 21.1. The fourth-order valence-electron chi connectivity index (χ4n) is 1.47. The molecule has 0 saturated heterocycles. The van der Waals surface area contributed by atoms with E-state index in [1.807, 2.05) is 24.3 Å². The van der Waals surface area contributed by atoms with Gasteiger partial charge in [-0.25, -0.2) is 10.2 Å². The van der Waals surface area contributed by atoms with Crippen LogP contribution in [0.5, 0.6) is 5.75 Å². The van der Waals surface area contributed by atoms with Crippen LogP contribution >= 0.6 is 0 Å². The van der Waals surface area contributed by atoms with Crippen LogP contribution in [-0.4, -0.2) is 14.2 Å². The van der Waals surface area contributed by atoms with E-state index in [1.165, 1.54) is 6.42 Å². The molecule has 0 aliphatic carbocycles. The molecule has 0 atom stereocenters. The van der Waals surface area contributed by atoms with Gasteiger partial charge >= 0.3 is 0 Å². The average molecular weight is 509 g/mol. The van der Waals surface area contributed by atoms with Gasteiger partial charge in [-0.3, -0.25) is 0 Å². The summed E-state index contributed by atoms with van der Waals surface area (Å²) in [6.45, 7) is 4.25. The third kappa shape index (κ3) is 8.72. The van der Waals surface area contributed by atoms with Gasteiger partial charge in [-0.1, -0.05) is 20.3 Å². The largest absolute Gasteiger partial charge is 0.520 e. The average Bonchev–Trinajstić information content (AvgIpc) is 2.40. The molecule has 2 aromatic carbocycles. The summed E-state index contributed by atoms with van der Waals surface area (Å²) < 4.78 is 5.19. The number of fused-ring (bicyclic) bond motifs is 1. The molecule has 2 rings (SSSR count). The number of nitrogens with zero attached hydrogens (tertiary/aromatic N) is 2. The van der Waals surface area contributed by atoms with Gasteiger partial charge in [0.1, 0.15) is 0 Å². The molecule has 0 unspecified atom stereocenters. The fraction of sp³-hybridized carbons (Fsp3) is 0.333. The van der Waals surface area contributed by atoms with E-state index in [-0.39, 0.29) is 98.1 Å². The van der Waals surface area contributed by atoms with E-state index in [0.717, 1.165) is 10.8 Å². The van der Waals surface area contributed by atoms with Gasteiger partial charge in [0.15, 0.2) is 0 Å². The Bertz CT molecular complexity index is 533. The Balaban J connectivity index is -0.000000500. The Morgan fingerprint density at radius 2 is 1.76 bits per heavy atom. The summed E-state index contributed by atoms with van der Waals surface area (Å²) >= 11 is 0. The summed E-state index contributed by atoms with van der Waals surface area (Å²) in [5, 5.41) is 9.86. The molecule has 2 aromatic rings. The van der Waals surface area contributed by atoms with E-state index in [9.17, 15) is 0 Å². The molecule has 3 nitrogen and oxygen atoms in total. The van der Waals surface area contributed by atoms with Crippen LogP contribution in [0.25, 0.3) is 10.8 Å². The van der Waals surface area contributed by atoms with Crippen molar-refractivity contribution in [1.29, 1.82) is 0 Å². The minimum Gasteiger partial charge on any atom is -0.520 e. The summed E-state index contributed by atoms with van der Waals surface area (Å²) in [6, 6.07) is 13.6. The Morgan fingerprint density at radius 1 is 1.14 bits per heavy atom. The molecule has 0 saturated carbocycles. The molecular weight excluding hydrogens is 491 g/mol. The van der Waals surface area contributed by atoms with Crippen molar-refractivity contribution in [3.05, 3.63) is 36.4 Å². The maximum Gasteiger partial charge on any atom is 0.0744 e. The van der Waals surface area contributed by atoms with Crippen molar-refractivity contribution in [1.82, 2.24) is 0 Å². The first-order valence-electron chi connectivity index (χ1n) is 5.96. The minimum atomic E-state index is 0. The maximum absolute atomic E-state index is 5.19. The number of rotatable bonds is 2. The molecule has 105 valence electrons. The van der Waals surface area contributed by atoms with Crippen LogP contribution in [0.15, 0.2) is 34.5 Å². The molecule has 6 heteroatoms. The van der Waals surface area contributed by atoms with Gasteiger partial charge in [0.25, 0.3) is 0 Å². The van der Waals surface area contributed by atoms with Crippen LogP contribution in [0.2, 0.25) is 0 Å². The molecule has 0 aromatic heterocycles. The van der Waals surface area contributed by atoms with E-state index in [1.54, 1.807) is 14.2 Å². The summed E-state index contributed by atoms with van der Waals surface area (Å²) in [5.74, 6) is 0.610. The first-order chi connectivity index (χ1) is 8.78. The molecule has 0 spiro atoms. The molecule has 0 aliphatic rings. The normalized spacial score (nSPS) is 8.76. The number of hydrogen-bond donors (Lipinski definition) is 0. The van der Waals surface area contributed by atoms with Crippen molar-refractivity contribution >= 4 is 16.5 Å². The molecule has 0 aliphatic heterocycles.